The van der Waals surface area contributed by atoms with E-state index in [0.29, 0.717) is 0 Å². The van der Waals surface area contributed by atoms with Crippen LogP contribution in [0.1, 0.15) is 149 Å². The fraction of sp³-hybridized carbons (Fsp3) is 0.829. The van der Waals surface area contributed by atoms with Crippen molar-refractivity contribution in [2.45, 2.75) is 155 Å². The van der Waals surface area contributed by atoms with Gasteiger partial charge in [0.15, 0.2) is 6.29 Å². The lowest BCUT2D eigenvalue weighted by Gasteiger charge is -2.22. The largest absolute Gasteiger partial charge is 0.351 e. The third-order valence-electron chi connectivity index (χ3n) is 6.85. The molecule has 0 fully saturated rings. The van der Waals surface area contributed by atoms with Crippen molar-refractivity contribution in [2.75, 3.05) is 33.9 Å². The molecule has 0 aliphatic carbocycles. The van der Waals surface area contributed by atoms with Gasteiger partial charge < -0.3 is 14.4 Å². The van der Waals surface area contributed by atoms with Gasteiger partial charge in [-0.25, -0.2) is 0 Å². The summed E-state index contributed by atoms with van der Waals surface area (Å²) in [5, 5.41) is 0. The van der Waals surface area contributed by atoms with Gasteiger partial charge in [0, 0.05) is 19.8 Å². The number of likely N-dealkylation sites (N-methyl/N-ethyl adjacent to an activating group) is 1. The maximum Gasteiger partial charge on any atom is 0.170 e. The third-order valence-corrected chi connectivity index (χ3v) is 6.85. The summed E-state index contributed by atoms with van der Waals surface area (Å²) in [4.78, 5) is 2.16. The van der Waals surface area contributed by atoms with E-state index >= 15 is 0 Å². The molecule has 0 aromatic rings. The molecular formula is C35H67NO2. The predicted octanol–water partition coefficient (Wildman–Crippen LogP) is 10.8. The highest BCUT2D eigenvalue weighted by Crippen LogP contribution is 2.11. The first kappa shape index (κ1) is 37.1. The second kappa shape index (κ2) is 32.3. The van der Waals surface area contributed by atoms with Crippen LogP contribution >= 0.6 is 0 Å². The van der Waals surface area contributed by atoms with E-state index < -0.39 is 0 Å². The summed E-state index contributed by atoms with van der Waals surface area (Å²) < 4.78 is 12.2. The molecule has 224 valence electrons. The van der Waals surface area contributed by atoms with Crippen molar-refractivity contribution in [1.29, 1.82) is 0 Å². The second-order valence-corrected chi connectivity index (χ2v) is 11.2. The Hall–Kier alpha value is -0.900. The summed E-state index contributed by atoms with van der Waals surface area (Å²) in [6.07, 6.45) is 40.8. The summed E-state index contributed by atoms with van der Waals surface area (Å²) in [7, 11) is 4.19. The van der Waals surface area contributed by atoms with Gasteiger partial charge in [0.05, 0.1) is 0 Å². The summed E-state index contributed by atoms with van der Waals surface area (Å²) in [6.45, 7) is 6.98. The van der Waals surface area contributed by atoms with Crippen molar-refractivity contribution >= 4 is 0 Å². The summed E-state index contributed by atoms with van der Waals surface area (Å²) >= 11 is 0. The van der Waals surface area contributed by atoms with Crippen molar-refractivity contribution in [3.63, 3.8) is 0 Å². The molecule has 0 aliphatic heterocycles. The lowest BCUT2D eigenvalue weighted by atomic mass is 10.1. The molecular weight excluding hydrogens is 466 g/mol. The van der Waals surface area contributed by atoms with Crippen molar-refractivity contribution < 1.29 is 9.47 Å². The molecule has 0 spiro atoms. The fourth-order valence-corrected chi connectivity index (χ4v) is 4.45. The Balaban J connectivity index is 3.58. The molecule has 0 aromatic heterocycles. The van der Waals surface area contributed by atoms with Crippen molar-refractivity contribution in [2.24, 2.45) is 0 Å². The Labute approximate surface area is 239 Å². The number of unbranched alkanes of at least 4 members (excludes halogenated alkanes) is 16. The Morgan fingerprint density at radius 2 is 0.895 bits per heavy atom. The molecule has 3 heteroatoms. The summed E-state index contributed by atoms with van der Waals surface area (Å²) in [6, 6.07) is 0. The average molecular weight is 534 g/mol. The van der Waals surface area contributed by atoms with Crippen molar-refractivity contribution in [3.8, 4) is 0 Å². The summed E-state index contributed by atoms with van der Waals surface area (Å²) in [5.41, 5.74) is 0. The highest BCUT2D eigenvalue weighted by atomic mass is 16.7. The smallest absolute Gasteiger partial charge is 0.170 e. The molecule has 0 saturated carbocycles. The minimum Gasteiger partial charge on any atom is -0.351 e. The fourth-order valence-electron chi connectivity index (χ4n) is 4.45. The van der Waals surface area contributed by atoms with E-state index in [2.05, 4.69) is 69.3 Å². The van der Waals surface area contributed by atoms with Gasteiger partial charge in [0.25, 0.3) is 0 Å². The topological polar surface area (TPSA) is 21.7 Å². The van der Waals surface area contributed by atoms with Crippen LogP contribution < -0.4 is 0 Å². The van der Waals surface area contributed by atoms with Gasteiger partial charge in [-0.2, -0.15) is 0 Å². The number of nitrogens with zero attached hydrogens (tertiary/aromatic N) is 1. The van der Waals surface area contributed by atoms with Crippen LogP contribution in [0.3, 0.4) is 0 Å². The first-order valence-corrected chi connectivity index (χ1v) is 16.5. The molecule has 0 bridgehead atoms. The number of allylic oxidation sites excluding steroid dienone is 6. The highest BCUT2D eigenvalue weighted by Gasteiger charge is 2.10. The molecule has 0 saturated heterocycles. The van der Waals surface area contributed by atoms with Gasteiger partial charge in [-0.15, -0.1) is 0 Å². The van der Waals surface area contributed by atoms with Gasteiger partial charge in [0.2, 0.25) is 0 Å². The molecule has 0 N–H and O–H groups in total. The van der Waals surface area contributed by atoms with Gasteiger partial charge in [-0.05, 0) is 78.3 Å². The number of hydrogen-bond acceptors (Lipinski definition) is 3. The van der Waals surface area contributed by atoms with Crippen LogP contribution in [0.5, 0.6) is 0 Å². The van der Waals surface area contributed by atoms with Crippen LogP contribution in [0, 0.1) is 0 Å². The van der Waals surface area contributed by atoms with E-state index in [9.17, 15) is 0 Å². The standard InChI is InChI=1S/C35H67NO2/c1-5-7-9-11-13-15-17-18-19-20-21-23-25-27-29-31-33-38-35(34-36(3)4)37-32-30-28-26-24-22-16-14-12-10-8-6-2/h10,12-13,15,18-19,35H,5-9,11,14,16-17,20-34H2,1-4H3/b12-10-,15-13-,19-18-. The molecule has 0 amide bonds. The quantitative estimate of drug-likeness (QED) is 0.0520. The van der Waals surface area contributed by atoms with Gasteiger partial charge >= 0.3 is 0 Å². The molecule has 1 atom stereocenters. The number of ether oxygens (including phenoxy) is 2. The SMILES string of the molecule is CCC/C=C\CCCCCCCCOC(CN(C)C)OCCCCCCCC/C=C\C/C=C\CCCCC. The van der Waals surface area contributed by atoms with E-state index in [1.165, 1.54) is 116 Å². The lowest BCUT2D eigenvalue weighted by Crippen LogP contribution is -2.31. The van der Waals surface area contributed by atoms with Crippen LogP contribution in [-0.2, 0) is 9.47 Å². The molecule has 0 heterocycles. The van der Waals surface area contributed by atoms with Crippen LogP contribution in [0.15, 0.2) is 36.5 Å². The second-order valence-electron chi connectivity index (χ2n) is 11.2. The Morgan fingerprint density at radius 1 is 0.474 bits per heavy atom. The third kappa shape index (κ3) is 31.3. The molecule has 0 rings (SSSR count). The van der Waals surface area contributed by atoms with Gasteiger partial charge in [0.1, 0.15) is 0 Å². The Bertz CT molecular complexity index is 526. The maximum atomic E-state index is 6.09. The molecule has 38 heavy (non-hydrogen) atoms. The Morgan fingerprint density at radius 3 is 1.37 bits per heavy atom. The average Bonchev–Trinajstić information content (AvgIpc) is 2.90. The molecule has 0 aromatic carbocycles. The molecule has 0 radical (unpaired) electrons. The van der Waals surface area contributed by atoms with Crippen LogP contribution in [0.25, 0.3) is 0 Å². The number of hydrogen-bond donors (Lipinski definition) is 0. The van der Waals surface area contributed by atoms with Crippen LogP contribution in [0.2, 0.25) is 0 Å². The lowest BCUT2D eigenvalue weighted by molar-refractivity contribution is -0.150. The van der Waals surface area contributed by atoms with Gasteiger partial charge in [-0.1, -0.05) is 121 Å². The van der Waals surface area contributed by atoms with Crippen molar-refractivity contribution in [1.82, 2.24) is 4.90 Å². The van der Waals surface area contributed by atoms with E-state index in [4.69, 9.17) is 9.47 Å². The molecule has 1 unspecified atom stereocenters. The minimum atomic E-state index is -0.0853. The van der Waals surface area contributed by atoms with Crippen LogP contribution in [0.4, 0.5) is 0 Å². The first-order chi connectivity index (χ1) is 18.7. The zero-order chi connectivity index (χ0) is 27.8. The Kier molecular flexibility index (Phi) is 31.5. The van der Waals surface area contributed by atoms with Crippen LogP contribution in [-0.4, -0.2) is 45.0 Å². The first-order valence-electron chi connectivity index (χ1n) is 16.5. The molecule has 3 nitrogen and oxygen atoms in total. The number of rotatable bonds is 30. The normalized spacial score (nSPS) is 13.2. The highest BCUT2D eigenvalue weighted by molar-refractivity contribution is 4.92. The van der Waals surface area contributed by atoms with E-state index in [1.807, 2.05) is 0 Å². The van der Waals surface area contributed by atoms with Crippen molar-refractivity contribution in [3.05, 3.63) is 36.5 Å². The van der Waals surface area contributed by atoms with Gasteiger partial charge in [-0.3, -0.25) is 0 Å². The van der Waals surface area contributed by atoms with E-state index in [0.717, 1.165) is 39.0 Å². The molecule has 0 aliphatic rings. The minimum absolute atomic E-state index is 0.0853. The van der Waals surface area contributed by atoms with E-state index in [1.54, 1.807) is 0 Å². The zero-order valence-corrected chi connectivity index (χ0v) is 26.3. The maximum absolute atomic E-state index is 6.09. The monoisotopic (exact) mass is 534 g/mol. The van der Waals surface area contributed by atoms with E-state index in [-0.39, 0.29) is 6.29 Å². The zero-order valence-electron chi connectivity index (χ0n) is 26.3. The predicted molar refractivity (Wildman–Crippen MR) is 170 cm³/mol. The summed E-state index contributed by atoms with van der Waals surface area (Å²) in [5.74, 6) is 0.